The number of aryl methyl sites for hydroxylation is 1. The minimum atomic E-state index is -3.52. The van der Waals surface area contributed by atoms with Crippen LogP contribution < -0.4 is 0 Å². The van der Waals surface area contributed by atoms with Crippen molar-refractivity contribution in [3.05, 3.63) is 53.7 Å². The van der Waals surface area contributed by atoms with Crippen LogP contribution in [0.3, 0.4) is 0 Å². The van der Waals surface area contributed by atoms with Crippen LogP contribution in [-0.2, 0) is 10.0 Å². The molecule has 4 nitrogen and oxygen atoms in total. The fraction of sp³-hybridized carbons (Fsp3) is 0.450. The molecule has 1 fully saturated rings. The summed E-state index contributed by atoms with van der Waals surface area (Å²) in [5, 5.41) is 0.927. The summed E-state index contributed by atoms with van der Waals surface area (Å²) in [6.45, 7) is 8.94. The van der Waals surface area contributed by atoms with E-state index >= 15 is 0 Å². The van der Waals surface area contributed by atoms with Crippen LogP contribution in [0.5, 0.6) is 0 Å². The first-order valence-corrected chi connectivity index (χ1v) is 11.2. The van der Waals surface area contributed by atoms with Gasteiger partial charge in [0.2, 0.25) is 10.0 Å². The van der Waals surface area contributed by atoms with E-state index in [1.165, 1.54) is 0 Å². The van der Waals surface area contributed by atoms with Gasteiger partial charge in [-0.1, -0.05) is 44.5 Å². The van der Waals surface area contributed by atoms with Gasteiger partial charge >= 0.3 is 0 Å². The molecule has 0 aliphatic carbocycles. The lowest BCUT2D eigenvalue weighted by Crippen LogP contribution is -2.31. The molecule has 0 bridgehead atoms. The van der Waals surface area contributed by atoms with Crippen LogP contribution in [-0.4, -0.2) is 29.0 Å². The molecule has 1 atom stereocenters. The highest BCUT2D eigenvalue weighted by Gasteiger charge is 2.37. The fourth-order valence-corrected chi connectivity index (χ4v) is 5.91. The Balaban J connectivity index is 1.98. The van der Waals surface area contributed by atoms with Gasteiger partial charge in [0, 0.05) is 23.1 Å². The molecular formula is C20H26N2O2S2. The van der Waals surface area contributed by atoms with Crippen molar-refractivity contribution < 1.29 is 8.42 Å². The maximum atomic E-state index is 13.2. The number of nitrogens with zero attached hydrogens (tertiary/aromatic N) is 2. The van der Waals surface area contributed by atoms with Crippen molar-refractivity contribution in [3.8, 4) is 0 Å². The van der Waals surface area contributed by atoms with E-state index in [1.54, 1.807) is 34.4 Å². The second-order valence-electron chi connectivity index (χ2n) is 7.70. The summed E-state index contributed by atoms with van der Waals surface area (Å²) >= 11 is 1.69. The number of thioether (sulfide) groups is 1. The van der Waals surface area contributed by atoms with Crippen LogP contribution in [0.4, 0.5) is 0 Å². The van der Waals surface area contributed by atoms with Crippen LogP contribution in [0, 0.1) is 6.92 Å². The third-order valence-electron chi connectivity index (χ3n) is 4.39. The Labute approximate surface area is 161 Å². The molecular weight excluding hydrogens is 364 g/mol. The topological polar surface area (TPSA) is 50.3 Å². The third-order valence-corrected chi connectivity index (χ3v) is 7.46. The SMILES string of the molecule is Cc1ccc(S(=O)(=O)N2CCCC2c2cccnc2SC(C)(C)C)cc1. The van der Waals surface area contributed by atoms with Gasteiger partial charge in [0.1, 0.15) is 5.03 Å². The third kappa shape index (κ3) is 4.13. The molecule has 1 aliphatic rings. The number of hydrogen-bond donors (Lipinski definition) is 0. The molecule has 0 radical (unpaired) electrons. The van der Waals surface area contributed by atoms with Crippen LogP contribution in [0.25, 0.3) is 0 Å². The summed E-state index contributed by atoms with van der Waals surface area (Å²) in [5.74, 6) is 0. The molecule has 1 saturated heterocycles. The molecule has 1 aromatic carbocycles. The van der Waals surface area contributed by atoms with E-state index in [1.807, 2.05) is 31.2 Å². The molecule has 1 aromatic heterocycles. The largest absolute Gasteiger partial charge is 0.250 e. The van der Waals surface area contributed by atoms with Gasteiger partial charge in [-0.2, -0.15) is 4.31 Å². The number of rotatable bonds is 4. The van der Waals surface area contributed by atoms with Crippen molar-refractivity contribution >= 4 is 21.8 Å². The highest BCUT2D eigenvalue weighted by Crippen LogP contribution is 2.42. The number of benzene rings is 1. The Bertz CT molecular complexity index is 871. The average Bonchev–Trinajstić information content (AvgIpc) is 3.04. The van der Waals surface area contributed by atoms with Crippen molar-refractivity contribution in [2.24, 2.45) is 0 Å². The smallest absolute Gasteiger partial charge is 0.243 e. The molecule has 1 unspecified atom stereocenters. The number of pyridine rings is 1. The van der Waals surface area contributed by atoms with Gasteiger partial charge in [-0.25, -0.2) is 13.4 Å². The maximum Gasteiger partial charge on any atom is 0.243 e. The lowest BCUT2D eigenvalue weighted by molar-refractivity contribution is 0.391. The molecule has 3 rings (SSSR count). The van der Waals surface area contributed by atoms with Crippen molar-refractivity contribution in [1.29, 1.82) is 0 Å². The fourth-order valence-electron chi connectivity index (χ4n) is 3.22. The molecule has 0 spiro atoms. The molecule has 26 heavy (non-hydrogen) atoms. The highest BCUT2D eigenvalue weighted by atomic mass is 32.2. The second-order valence-corrected chi connectivity index (χ2v) is 11.4. The molecule has 6 heteroatoms. The zero-order valence-corrected chi connectivity index (χ0v) is 17.4. The highest BCUT2D eigenvalue weighted by molar-refractivity contribution is 8.00. The van der Waals surface area contributed by atoms with E-state index in [4.69, 9.17) is 0 Å². The van der Waals surface area contributed by atoms with Gasteiger partial charge in [-0.05, 0) is 38.0 Å². The Morgan fingerprint density at radius 1 is 1.15 bits per heavy atom. The zero-order chi connectivity index (χ0) is 18.9. The summed E-state index contributed by atoms with van der Waals surface area (Å²) in [4.78, 5) is 4.92. The standard InChI is InChI=1S/C20H26N2O2S2/c1-15-9-11-16(12-10-15)26(23,24)22-14-6-8-18(22)17-7-5-13-21-19(17)25-20(2,3)4/h5,7,9-13,18H,6,8,14H2,1-4H3. The Kier molecular flexibility index (Phi) is 5.47. The van der Waals surface area contributed by atoms with Gasteiger partial charge in [-0.3, -0.25) is 0 Å². The minimum absolute atomic E-state index is 0.0162. The predicted octanol–water partition coefficient (Wildman–Crippen LogP) is 4.81. The number of aromatic nitrogens is 1. The predicted molar refractivity (Wildman–Crippen MR) is 107 cm³/mol. The van der Waals surface area contributed by atoms with E-state index in [-0.39, 0.29) is 10.8 Å². The first kappa shape index (κ1) is 19.4. The van der Waals surface area contributed by atoms with Crippen LogP contribution in [0.1, 0.15) is 50.8 Å². The van der Waals surface area contributed by atoms with Crippen molar-refractivity contribution in [1.82, 2.24) is 9.29 Å². The van der Waals surface area contributed by atoms with Crippen molar-refractivity contribution in [2.75, 3.05) is 6.54 Å². The van der Waals surface area contributed by atoms with Gasteiger partial charge in [0.15, 0.2) is 0 Å². The molecule has 1 aliphatic heterocycles. The lowest BCUT2D eigenvalue weighted by atomic mass is 10.1. The van der Waals surface area contributed by atoms with Gasteiger partial charge < -0.3 is 0 Å². The molecule has 0 amide bonds. The van der Waals surface area contributed by atoms with Gasteiger partial charge in [-0.15, -0.1) is 11.8 Å². The summed E-state index contributed by atoms with van der Waals surface area (Å²) in [6, 6.07) is 10.9. The first-order chi connectivity index (χ1) is 12.2. The lowest BCUT2D eigenvalue weighted by Gasteiger charge is -2.27. The summed E-state index contributed by atoms with van der Waals surface area (Å²) in [6.07, 6.45) is 3.48. The van der Waals surface area contributed by atoms with E-state index in [0.29, 0.717) is 11.4 Å². The average molecular weight is 391 g/mol. The second kappa shape index (κ2) is 7.33. The molecule has 140 valence electrons. The van der Waals surface area contributed by atoms with Crippen LogP contribution >= 0.6 is 11.8 Å². The van der Waals surface area contributed by atoms with Gasteiger partial charge in [0.25, 0.3) is 0 Å². The summed E-state index contributed by atoms with van der Waals surface area (Å²) < 4.78 is 28.1. The summed E-state index contributed by atoms with van der Waals surface area (Å²) in [7, 11) is -3.52. The normalized spacial score (nSPS) is 19.0. The number of hydrogen-bond acceptors (Lipinski definition) is 4. The minimum Gasteiger partial charge on any atom is -0.250 e. The van der Waals surface area contributed by atoms with E-state index in [0.717, 1.165) is 29.0 Å². The Hall–Kier alpha value is -1.37. The molecule has 2 aromatic rings. The van der Waals surface area contributed by atoms with E-state index in [9.17, 15) is 8.42 Å². The van der Waals surface area contributed by atoms with Gasteiger partial charge in [0.05, 0.1) is 10.9 Å². The zero-order valence-electron chi connectivity index (χ0n) is 15.8. The van der Waals surface area contributed by atoms with Crippen molar-refractivity contribution in [3.63, 3.8) is 0 Å². The molecule has 0 N–H and O–H groups in total. The van der Waals surface area contributed by atoms with E-state index in [2.05, 4.69) is 25.8 Å². The van der Waals surface area contributed by atoms with Crippen LogP contribution in [0.15, 0.2) is 52.5 Å². The Morgan fingerprint density at radius 2 is 1.85 bits per heavy atom. The molecule has 0 saturated carbocycles. The Morgan fingerprint density at radius 3 is 2.50 bits per heavy atom. The number of sulfonamides is 1. The monoisotopic (exact) mass is 390 g/mol. The van der Waals surface area contributed by atoms with E-state index < -0.39 is 10.0 Å². The van der Waals surface area contributed by atoms with Crippen LogP contribution in [0.2, 0.25) is 0 Å². The van der Waals surface area contributed by atoms with Crippen molar-refractivity contribution in [2.45, 2.75) is 61.2 Å². The summed E-state index contributed by atoms with van der Waals surface area (Å²) in [5.41, 5.74) is 2.07. The first-order valence-electron chi connectivity index (χ1n) is 8.91. The maximum absolute atomic E-state index is 13.2. The molecule has 2 heterocycles. The quantitative estimate of drug-likeness (QED) is 0.703.